The Morgan fingerprint density at radius 2 is 2.35 bits per heavy atom. The summed E-state index contributed by atoms with van der Waals surface area (Å²) in [6, 6.07) is 5.29. The second kappa shape index (κ2) is 5.19. The summed E-state index contributed by atoms with van der Waals surface area (Å²) in [4.78, 5) is 18.8. The number of aromatic nitrogens is 2. The number of benzene rings is 1. The molecule has 0 bridgehead atoms. The second-order valence-corrected chi connectivity index (χ2v) is 4.23. The standard InChI is InChI=1S/C12H14ClN3O/c1-2-3-6-14-11(17)8-4-5-9-10(7-8)16-12(13)15-9/h4-5,7H,2-3,6H2,1H3,(H,14,17)(H,15,16). The molecule has 1 amide bonds. The number of hydrogen-bond acceptors (Lipinski definition) is 2. The van der Waals surface area contributed by atoms with Crippen LogP contribution in [0.2, 0.25) is 5.28 Å². The van der Waals surface area contributed by atoms with Crippen molar-refractivity contribution in [1.29, 1.82) is 0 Å². The Kier molecular flexibility index (Phi) is 3.64. The number of halogens is 1. The number of nitrogens with one attached hydrogen (secondary N) is 2. The minimum atomic E-state index is -0.0638. The lowest BCUT2D eigenvalue weighted by Gasteiger charge is -2.03. The number of carbonyl (C=O) groups excluding carboxylic acids is 1. The number of carbonyl (C=O) groups is 1. The van der Waals surface area contributed by atoms with Crippen LogP contribution < -0.4 is 5.32 Å². The molecule has 17 heavy (non-hydrogen) atoms. The fourth-order valence-electron chi connectivity index (χ4n) is 1.60. The predicted octanol–water partition coefficient (Wildman–Crippen LogP) is 2.75. The number of rotatable bonds is 4. The number of nitrogens with zero attached hydrogens (tertiary/aromatic N) is 1. The molecular weight excluding hydrogens is 238 g/mol. The molecule has 2 rings (SSSR count). The molecule has 0 saturated heterocycles. The van der Waals surface area contributed by atoms with E-state index in [0.717, 1.165) is 23.9 Å². The first-order chi connectivity index (χ1) is 8.20. The first-order valence-corrected chi connectivity index (χ1v) is 6.02. The van der Waals surface area contributed by atoms with Gasteiger partial charge in [-0.05, 0) is 36.2 Å². The monoisotopic (exact) mass is 251 g/mol. The van der Waals surface area contributed by atoms with Gasteiger partial charge in [-0.1, -0.05) is 13.3 Å². The molecule has 0 aliphatic rings. The Labute approximate surface area is 104 Å². The van der Waals surface area contributed by atoms with Crippen LogP contribution >= 0.6 is 11.6 Å². The van der Waals surface area contributed by atoms with E-state index in [1.165, 1.54) is 0 Å². The maximum atomic E-state index is 11.8. The highest BCUT2D eigenvalue weighted by molar-refractivity contribution is 6.29. The van der Waals surface area contributed by atoms with Gasteiger partial charge in [0.05, 0.1) is 11.0 Å². The Hall–Kier alpha value is -1.55. The van der Waals surface area contributed by atoms with E-state index < -0.39 is 0 Å². The molecule has 2 aromatic rings. The largest absolute Gasteiger partial charge is 0.352 e. The molecular formula is C12H14ClN3O. The highest BCUT2D eigenvalue weighted by atomic mass is 35.5. The Bertz CT molecular complexity index is 536. The summed E-state index contributed by atoms with van der Waals surface area (Å²) in [5.41, 5.74) is 2.16. The van der Waals surface area contributed by atoms with Crippen LogP contribution in [0, 0.1) is 0 Å². The SMILES string of the molecule is CCCCNC(=O)c1ccc2nc(Cl)[nH]c2c1. The van der Waals surface area contributed by atoms with Crippen molar-refractivity contribution in [2.45, 2.75) is 19.8 Å². The zero-order valence-electron chi connectivity index (χ0n) is 9.59. The van der Waals surface area contributed by atoms with Gasteiger partial charge in [0, 0.05) is 12.1 Å². The molecule has 0 aliphatic heterocycles. The van der Waals surface area contributed by atoms with Crippen LogP contribution in [0.4, 0.5) is 0 Å². The van der Waals surface area contributed by atoms with Gasteiger partial charge in [0.15, 0.2) is 0 Å². The fraction of sp³-hybridized carbons (Fsp3) is 0.333. The highest BCUT2D eigenvalue weighted by Gasteiger charge is 2.07. The Morgan fingerprint density at radius 3 is 3.12 bits per heavy atom. The molecule has 0 aliphatic carbocycles. The maximum absolute atomic E-state index is 11.8. The number of aromatic amines is 1. The topological polar surface area (TPSA) is 57.8 Å². The van der Waals surface area contributed by atoms with E-state index in [4.69, 9.17) is 11.6 Å². The third kappa shape index (κ3) is 2.77. The van der Waals surface area contributed by atoms with Gasteiger partial charge in [-0.2, -0.15) is 0 Å². The Balaban J connectivity index is 2.15. The fourth-order valence-corrected chi connectivity index (χ4v) is 1.79. The van der Waals surface area contributed by atoms with Crippen LogP contribution in [0.3, 0.4) is 0 Å². The van der Waals surface area contributed by atoms with Crippen LogP contribution in [0.15, 0.2) is 18.2 Å². The molecule has 5 heteroatoms. The van der Waals surface area contributed by atoms with E-state index in [0.29, 0.717) is 17.4 Å². The smallest absolute Gasteiger partial charge is 0.251 e. The van der Waals surface area contributed by atoms with Gasteiger partial charge in [-0.25, -0.2) is 4.98 Å². The van der Waals surface area contributed by atoms with Gasteiger partial charge in [0.1, 0.15) is 0 Å². The molecule has 4 nitrogen and oxygen atoms in total. The number of unbranched alkanes of at least 4 members (excludes halogenated alkanes) is 1. The molecule has 2 N–H and O–H groups in total. The zero-order chi connectivity index (χ0) is 12.3. The lowest BCUT2D eigenvalue weighted by Crippen LogP contribution is -2.24. The lowest BCUT2D eigenvalue weighted by molar-refractivity contribution is 0.0953. The van der Waals surface area contributed by atoms with Gasteiger partial charge in [0.25, 0.3) is 5.91 Å². The second-order valence-electron chi connectivity index (χ2n) is 3.87. The molecule has 0 atom stereocenters. The van der Waals surface area contributed by atoms with Crippen molar-refractivity contribution in [3.05, 3.63) is 29.0 Å². The Morgan fingerprint density at radius 1 is 1.53 bits per heavy atom. The van der Waals surface area contributed by atoms with Crippen molar-refractivity contribution in [2.24, 2.45) is 0 Å². The van der Waals surface area contributed by atoms with Crippen molar-refractivity contribution in [2.75, 3.05) is 6.54 Å². The average Bonchev–Trinajstić information content (AvgIpc) is 2.68. The summed E-state index contributed by atoms with van der Waals surface area (Å²) in [5.74, 6) is -0.0638. The minimum Gasteiger partial charge on any atom is -0.352 e. The summed E-state index contributed by atoms with van der Waals surface area (Å²) in [6.07, 6.45) is 2.05. The normalized spacial score (nSPS) is 10.7. The molecule has 1 heterocycles. The third-order valence-electron chi connectivity index (χ3n) is 2.53. The van der Waals surface area contributed by atoms with Gasteiger partial charge in [-0.3, -0.25) is 4.79 Å². The summed E-state index contributed by atoms with van der Waals surface area (Å²) in [7, 11) is 0. The first kappa shape index (κ1) is 11.9. The van der Waals surface area contributed by atoms with Crippen molar-refractivity contribution >= 4 is 28.5 Å². The summed E-state index contributed by atoms with van der Waals surface area (Å²) in [5, 5.41) is 3.20. The summed E-state index contributed by atoms with van der Waals surface area (Å²) >= 11 is 5.75. The third-order valence-corrected chi connectivity index (χ3v) is 2.71. The first-order valence-electron chi connectivity index (χ1n) is 5.64. The van der Waals surface area contributed by atoms with Crippen LogP contribution in [-0.4, -0.2) is 22.4 Å². The van der Waals surface area contributed by atoms with Crippen LogP contribution in [0.1, 0.15) is 30.1 Å². The summed E-state index contributed by atoms with van der Waals surface area (Å²) < 4.78 is 0. The predicted molar refractivity (Wildman–Crippen MR) is 68.3 cm³/mol. The number of hydrogen-bond donors (Lipinski definition) is 2. The maximum Gasteiger partial charge on any atom is 0.251 e. The van der Waals surface area contributed by atoms with Crippen LogP contribution in [0.5, 0.6) is 0 Å². The molecule has 0 spiro atoms. The molecule has 1 aromatic heterocycles. The average molecular weight is 252 g/mol. The van der Waals surface area contributed by atoms with Crippen molar-refractivity contribution in [3.8, 4) is 0 Å². The van der Waals surface area contributed by atoms with E-state index in [9.17, 15) is 4.79 Å². The highest BCUT2D eigenvalue weighted by Crippen LogP contribution is 2.16. The lowest BCUT2D eigenvalue weighted by atomic mass is 10.2. The quantitative estimate of drug-likeness (QED) is 0.821. The molecule has 90 valence electrons. The van der Waals surface area contributed by atoms with E-state index >= 15 is 0 Å². The van der Waals surface area contributed by atoms with Gasteiger partial charge in [0.2, 0.25) is 5.28 Å². The van der Waals surface area contributed by atoms with Gasteiger partial charge in [-0.15, -0.1) is 0 Å². The van der Waals surface area contributed by atoms with E-state index in [2.05, 4.69) is 22.2 Å². The van der Waals surface area contributed by atoms with Crippen molar-refractivity contribution < 1.29 is 4.79 Å². The summed E-state index contributed by atoms with van der Waals surface area (Å²) in [6.45, 7) is 2.79. The van der Waals surface area contributed by atoms with E-state index in [1.54, 1.807) is 18.2 Å². The van der Waals surface area contributed by atoms with E-state index in [1.807, 2.05) is 0 Å². The number of H-pyrrole nitrogens is 1. The molecule has 1 aromatic carbocycles. The number of imidazole rings is 1. The van der Waals surface area contributed by atoms with E-state index in [-0.39, 0.29) is 5.91 Å². The zero-order valence-corrected chi connectivity index (χ0v) is 10.3. The van der Waals surface area contributed by atoms with Gasteiger partial charge >= 0.3 is 0 Å². The van der Waals surface area contributed by atoms with Crippen LogP contribution in [-0.2, 0) is 0 Å². The van der Waals surface area contributed by atoms with Crippen molar-refractivity contribution in [3.63, 3.8) is 0 Å². The molecule has 0 saturated carbocycles. The molecule has 0 unspecified atom stereocenters. The van der Waals surface area contributed by atoms with Crippen molar-refractivity contribution in [1.82, 2.24) is 15.3 Å². The van der Waals surface area contributed by atoms with Gasteiger partial charge < -0.3 is 10.3 Å². The number of fused-ring (bicyclic) bond motifs is 1. The number of amides is 1. The molecule has 0 fully saturated rings. The van der Waals surface area contributed by atoms with Crippen LogP contribution in [0.25, 0.3) is 11.0 Å². The molecule has 0 radical (unpaired) electrons. The minimum absolute atomic E-state index is 0.0638.